The van der Waals surface area contributed by atoms with E-state index in [0.29, 0.717) is 11.5 Å². The molecule has 1 saturated carbocycles. The summed E-state index contributed by atoms with van der Waals surface area (Å²) in [6.07, 6.45) is 10.5. The molecule has 23 heavy (non-hydrogen) atoms. The molecule has 3 nitrogen and oxygen atoms in total. The summed E-state index contributed by atoms with van der Waals surface area (Å²) in [7, 11) is 0. The molecule has 1 aliphatic rings. The van der Waals surface area contributed by atoms with Gasteiger partial charge in [0.1, 0.15) is 0 Å². The van der Waals surface area contributed by atoms with Crippen molar-refractivity contribution in [3.63, 3.8) is 0 Å². The quantitative estimate of drug-likeness (QED) is 0.475. The molecule has 1 aromatic rings. The fraction of sp³-hybridized carbons (Fsp3) is 0.450. The number of amides is 1. The number of hydrogen-bond donors (Lipinski definition) is 2. The van der Waals surface area contributed by atoms with Gasteiger partial charge in [-0.3, -0.25) is 10.2 Å². The predicted octanol–water partition coefficient (Wildman–Crippen LogP) is 4.63. The van der Waals surface area contributed by atoms with E-state index in [-0.39, 0.29) is 5.91 Å². The van der Waals surface area contributed by atoms with Gasteiger partial charge in [0.15, 0.2) is 0 Å². The lowest BCUT2D eigenvalue weighted by atomic mass is 9.90. The molecule has 0 radical (unpaired) electrons. The van der Waals surface area contributed by atoms with E-state index in [2.05, 4.69) is 23.6 Å². The van der Waals surface area contributed by atoms with Crippen molar-refractivity contribution in [2.75, 3.05) is 0 Å². The maximum Gasteiger partial charge on any atom is 0.265 e. The van der Waals surface area contributed by atoms with Crippen LogP contribution < -0.4 is 11.3 Å². The third kappa shape index (κ3) is 6.03. The van der Waals surface area contributed by atoms with Crippen LogP contribution in [0.5, 0.6) is 0 Å². The number of rotatable bonds is 2. The fourth-order valence-electron chi connectivity index (χ4n) is 3.22. The number of nitrogens with two attached hydrogens (primary N) is 1. The normalized spacial score (nSPS) is 16.4. The Kier molecular flexibility index (Phi) is 7.61. The first-order valence-corrected chi connectivity index (χ1v) is 8.75. The van der Waals surface area contributed by atoms with E-state index in [4.69, 9.17) is 5.84 Å². The van der Waals surface area contributed by atoms with Gasteiger partial charge in [0.25, 0.3) is 5.91 Å². The minimum Gasteiger partial charge on any atom is -0.290 e. The predicted molar refractivity (Wildman–Crippen MR) is 95.4 cm³/mol. The zero-order chi connectivity index (χ0) is 16.3. The van der Waals surface area contributed by atoms with Gasteiger partial charge in [-0.2, -0.15) is 0 Å². The van der Waals surface area contributed by atoms with Crippen molar-refractivity contribution >= 4 is 5.91 Å². The first-order valence-electron chi connectivity index (χ1n) is 8.75. The SMILES string of the molecule is NNC(=O)c1ccccccc(C2CCCCCCCC2)cc1. The van der Waals surface area contributed by atoms with Crippen LogP contribution in [0.3, 0.4) is 0 Å². The summed E-state index contributed by atoms with van der Waals surface area (Å²) in [5.74, 6) is 5.59. The maximum absolute atomic E-state index is 11.8. The van der Waals surface area contributed by atoms with E-state index < -0.39 is 0 Å². The zero-order valence-corrected chi connectivity index (χ0v) is 13.8. The molecule has 1 fully saturated rings. The van der Waals surface area contributed by atoms with Crippen molar-refractivity contribution in [2.24, 2.45) is 5.84 Å². The van der Waals surface area contributed by atoms with Crippen LogP contribution in [-0.2, 0) is 0 Å². The van der Waals surface area contributed by atoms with E-state index in [1.807, 2.05) is 24.3 Å². The summed E-state index contributed by atoms with van der Waals surface area (Å²) < 4.78 is 0. The second kappa shape index (κ2) is 10.0. The Morgan fingerprint density at radius 1 is 0.826 bits per heavy atom. The molecule has 0 aromatic heterocycles. The molecule has 1 aliphatic carbocycles. The molecule has 0 heterocycles. The highest BCUT2D eigenvalue weighted by Gasteiger charge is 2.12. The van der Waals surface area contributed by atoms with Gasteiger partial charge in [-0.15, -0.1) is 0 Å². The van der Waals surface area contributed by atoms with Crippen molar-refractivity contribution in [1.82, 2.24) is 5.43 Å². The minimum absolute atomic E-state index is 0.260. The summed E-state index contributed by atoms with van der Waals surface area (Å²) in [4.78, 5) is 11.8. The number of carbonyl (C=O) groups excluding carboxylic acids is 1. The standard InChI is InChI=1S/C20H28N2O/c21-22-20(23)19-14-10-6-5-9-13-18(15-16-19)17-11-7-3-1-2-4-8-12-17/h5-6,9-10,13-17H,1-4,7-8,11-12,21H2,(H,22,23). The van der Waals surface area contributed by atoms with Gasteiger partial charge in [-0.1, -0.05) is 74.9 Å². The third-order valence-corrected chi connectivity index (χ3v) is 4.57. The molecule has 1 amide bonds. The number of nitrogen functional groups attached to an aromatic ring is 1. The molecule has 0 spiro atoms. The molecule has 1 aromatic carbocycles. The van der Waals surface area contributed by atoms with Crippen LogP contribution in [0.4, 0.5) is 0 Å². The summed E-state index contributed by atoms with van der Waals surface area (Å²) in [5.41, 5.74) is 4.10. The molecule has 0 bridgehead atoms. The van der Waals surface area contributed by atoms with Gasteiger partial charge in [-0.05, 0) is 36.5 Å². The van der Waals surface area contributed by atoms with E-state index in [0.717, 1.165) is 0 Å². The van der Waals surface area contributed by atoms with Crippen molar-refractivity contribution in [2.45, 2.75) is 57.3 Å². The lowest BCUT2D eigenvalue weighted by Gasteiger charge is -2.15. The number of carbonyl (C=O) groups is 1. The molecule has 3 N–H and O–H groups in total. The molecule has 0 aliphatic heterocycles. The van der Waals surface area contributed by atoms with Crippen LogP contribution >= 0.6 is 0 Å². The van der Waals surface area contributed by atoms with Gasteiger partial charge in [0.2, 0.25) is 0 Å². The average Bonchev–Trinajstić information content (AvgIpc) is 2.72. The molecule has 3 heteroatoms. The van der Waals surface area contributed by atoms with Crippen molar-refractivity contribution in [1.29, 1.82) is 0 Å². The monoisotopic (exact) mass is 312 g/mol. The minimum atomic E-state index is -0.260. The molecular weight excluding hydrogens is 284 g/mol. The van der Waals surface area contributed by atoms with Crippen LogP contribution in [0.2, 0.25) is 0 Å². The van der Waals surface area contributed by atoms with E-state index in [1.165, 1.54) is 56.9 Å². The van der Waals surface area contributed by atoms with Crippen LogP contribution in [0.15, 0.2) is 48.5 Å². The number of hydrazine groups is 1. The zero-order valence-electron chi connectivity index (χ0n) is 13.8. The number of nitrogens with one attached hydrogen (secondary N) is 1. The van der Waals surface area contributed by atoms with Crippen molar-refractivity contribution in [3.8, 4) is 0 Å². The molecule has 0 unspecified atom stereocenters. The highest BCUT2D eigenvalue weighted by molar-refractivity contribution is 5.93. The Hall–Kier alpha value is -1.87. The lowest BCUT2D eigenvalue weighted by Crippen LogP contribution is -2.29. The van der Waals surface area contributed by atoms with Crippen LogP contribution in [0.25, 0.3) is 0 Å². The van der Waals surface area contributed by atoms with E-state index >= 15 is 0 Å². The molecule has 124 valence electrons. The molecule has 2 rings (SSSR count). The summed E-state index contributed by atoms with van der Waals surface area (Å²) in [6.45, 7) is 0. The Bertz CT molecular complexity index is 545. The average molecular weight is 312 g/mol. The second-order valence-corrected chi connectivity index (χ2v) is 6.26. The Labute approximate surface area is 139 Å². The lowest BCUT2D eigenvalue weighted by molar-refractivity contribution is 0.0953. The summed E-state index contributed by atoms with van der Waals surface area (Å²) in [5, 5.41) is 0. The third-order valence-electron chi connectivity index (χ3n) is 4.57. The maximum atomic E-state index is 11.8. The van der Waals surface area contributed by atoms with Gasteiger partial charge in [0, 0.05) is 5.56 Å². The van der Waals surface area contributed by atoms with E-state index in [1.54, 1.807) is 6.07 Å². The smallest absolute Gasteiger partial charge is 0.265 e. The van der Waals surface area contributed by atoms with Crippen LogP contribution in [0.1, 0.15) is 73.2 Å². The van der Waals surface area contributed by atoms with Crippen LogP contribution in [0, 0.1) is 0 Å². The fourth-order valence-corrected chi connectivity index (χ4v) is 3.22. The summed E-state index contributed by atoms with van der Waals surface area (Å²) >= 11 is 0. The van der Waals surface area contributed by atoms with Crippen LogP contribution in [-0.4, -0.2) is 5.91 Å². The Morgan fingerprint density at radius 3 is 2.09 bits per heavy atom. The molecular formula is C20H28N2O. The number of hydrogen-bond acceptors (Lipinski definition) is 2. The highest BCUT2D eigenvalue weighted by Crippen LogP contribution is 2.29. The van der Waals surface area contributed by atoms with Crippen molar-refractivity contribution in [3.05, 3.63) is 59.7 Å². The first-order chi connectivity index (χ1) is 11.3. The Morgan fingerprint density at radius 2 is 1.43 bits per heavy atom. The van der Waals surface area contributed by atoms with Gasteiger partial charge in [0.05, 0.1) is 0 Å². The van der Waals surface area contributed by atoms with Gasteiger partial charge >= 0.3 is 0 Å². The van der Waals surface area contributed by atoms with Gasteiger partial charge < -0.3 is 0 Å². The largest absolute Gasteiger partial charge is 0.290 e. The summed E-state index contributed by atoms with van der Waals surface area (Å²) in [6, 6.07) is 15.8. The van der Waals surface area contributed by atoms with Crippen molar-refractivity contribution < 1.29 is 4.79 Å². The molecule has 0 atom stereocenters. The first kappa shape index (κ1) is 17.5. The molecule has 0 saturated heterocycles. The van der Waals surface area contributed by atoms with E-state index in [9.17, 15) is 4.79 Å². The van der Waals surface area contributed by atoms with Gasteiger partial charge in [-0.25, -0.2) is 5.84 Å². The topological polar surface area (TPSA) is 55.1 Å². The Balaban J connectivity index is 2.32. The highest BCUT2D eigenvalue weighted by atomic mass is 16.2. The second-order valence-electron chi connectivity index (χ2n) is 6.26.